The molecule has 2 atom stereocenters. The molecule has 0 spiro atoms. The highest BCUT2D eigenvalue weighted by Gasteiger charge is 2.38. The van der Waals surface area contributed by atoms with Crippen molar-refractivity contribution in [3.8, 4) is 0 Å². The van der Waals surface area contributed by atoms with Crippen molar-refractivity contribution in [1.82, 2.24) is 9.80 Å². The molecular weight excluding hydrogens is 528 g/mol. The number of hydrogen-bond donors (Lipinski definition) is 0. The van der Waals surface area contributed by atoms with Crippen molar-refractivity contribution in [2.24, 2.45) is 5.92 Å². The second-order valence-corrected chi connectivity index (χ2v) is 11.9. The molecule has 36 heavy (non-hydrogen) atoms. The van der Waals surface area contributed by atoms with Crippen molar-refractivity contribution in [2.45, 2.75) is 24.7 Å². The summed E-state index contributed by atoms with van der Waals surface area (Å²) in [5.41, 5.74) is 3.67. The maximum absolute atomic E-state index is 13.9. The number of fused-ring (bicyclic) bond motifs is 1. The fourth-order valence-electron chi connectivity index (χ4n) is 6.24. The lowest BCUT2D eigenvalue weighted by Gasteiger charge is -2.34. The molecule has 1 aromatic heterocycles. The molecule has 184 valence electrons. The Bertz CT molecular complexity index is 1330. The molecule has 2 saturated heterocycles. The summed E-state index contributed by atoms with van der Waals surface area (Å²) in [7, 11) is 0. The smallest absolute Gasteiger partial charge is 0.254 e. The lowest BCUT2D eigenvalue weighted by atomic mass is 9.87. The molecular formula is C31H31BrN2OS. The van der Waals surface area contributed by atoms with Crippen LogP contribution in [0.25, 0.3) is 10.8 Å². The van der Waals surface area contributed by atoms with Crippen LogP contribution in [0.1, 0.15) is 46.2 Å². The number of benzene rings is 3. The van der Waals surface area contributed by atoms with Crippen LogP contribution in [0.3, 0.4) is 0 Å². The number of carbonyl (C=O) groups excluding carboxylic acids is 1. The Kier molecular flexibility index (Phi) is 6.96. The summed E-state index contributed by atoms with van der Waals surface area (Å²) >= 11 is 5.45. The van der Waals surface area contributed by atoms with Gasteiger partial charge in [0.05, 0.1) is 0 Å². The number of likely N-dealkylation sites (tertiary alicyclic amines) is 2. The van der Waals surface area contributed by atoms with Crippen molar-refractivity contribution < 1.29 is 4.79 Å². The molecule has 1 amide bonds. The van der Waals surface area contributed by atoms with Gasteiger partial charge in [-0.1, -0.05) is 70.5 Å². The normalized spacial score (nSPS) is 21.3. The molecule has 2 unspecified atom stereocenters. The molecule has 0 aliphatic carbocycles. The van der Waals surface area contributed by atoms with E-state index in [-0.39, 0.29) is 5.91 Å². The summed E-state index contributed by atoms with van der Waals surface area (Å²) < 4.78 is 0.982. The van der Waals surface area contributed by atoms with Gasteiger partial charge in [-0.3, -0.25) is 4.79 Å². The Morgan fingerprint density at radius 1 is 0.889 bits per heavy atom. The Morgan fingerprint density at radius 2 is 1.67 bits per heavy atom. The molecule has 4 aromatic rings. The zero-order chi connectivity index (χ0) is 24.5. The molecule has 3 aromatic carbocycles. The fourth-order valence-corrected chi connectivity index (χ4v) is 7.56. The predicted molar refractivity (Wildman–Crippen MR) is 153 cm³/mol. The highest BCUT2D eigenvalue weighted by molar-refractivity contribution is 9.10. The number of hydrogen-bond acceptors (Lipinski definition) is 3. The minimum Gasteiger partial charge on any atom is -0.338 e. The molecule has 0 radical (unpaired) electrons. The average Bonchev–Trinajstić information content (AvgIpc) is 3.59. The zero-order valence-corrected chi connectivity index (χ0v) is 22.8. The SMILES string of the molecule is O=C(c1cccc2cccc(Br)c12)N1CC(CN2CCC(c3ccccc3)CC2)C(c2ccsc2)C1. The van der Waals surface area contributed by atoms with E-state index in [9.17, 15) is 4.79 Å². The van der Waals surface area contributed by atoms with E-state index in [0.29, 0.717) is 17.8 Å². The van der Waals surface area contributed by atoms with E-state index >= 15 is 0 Å². The number of amides is 1. The van der Waals surface area contributed by atoms with E-state index in [0.717, 1.165) is 53.5 Å². The third kappa shape index (κ3) is 4.77. The summed E-state index contributed by atoms with van der Waals surface area (Å²) in [5, 5.41) is 6.57. The van der Waals surface area contributed by atoms with Crippen molar-refractivity contribution in [3.63, 3.8) is 0 Å². The van der Waals surface area contributed by atoms with Crippen LogP contribution in [0.2, 0.25) is 0 Å². The monoisotopic (exact) mass is 558 g/mol. The molecule has 6 rings (SSSR count). The number of nitrogens with zero attached hydrogens (tertiary/aromatic N) is 2. The fraction of sp³-hybridized carbons (Fsp3) is 0.323. The topological polar surface area (TPSA) is 23.6 Å². The number of carbonyl (C=O) groups is 1. The number of thiophene rings is 1. The van der Waals surface area contributed by atoms with Gasteiger partial charge in [-0.05, 0) is 83.2 Å². The van der Waals surface area contributed by atoms with Gasteiger partial charge in [-0.15, -0.1) is 0 Å². The maximum Gasteiger partial charge on any atom is 0.254 e. The first kappa shape index (κ1) is 23.9. The zero-order valence-electron chi connectivity index (χ0n) is 20.4. The molecule has 2 fully saturated rings. The third-order valence-corrected chi connectivity index (χ3v) is 9.50. The van der Waals surface area contributed by atoms with E-state index in [2.05, 4.69) is 85.0 Å². The minimum absolute atomic E-state index is 0.151. The summed E-state index contributed by atoms with van der Waals surface area (Å²) in [6.45, 7) is 4.94. The second kappa shape index (κ2) is 10.5. The van der Waals surface area contributed by atoms with Gasteiger partial charge in [0, 0.05) is 41.0 Å². The molecule has 3 nitrogen and oxygen atoms in total. The molecule has 3 heterocycles. The van der Waals surface area contributed by atoms with Gasteiger partial charge >= 0.3 is 0 Å². The van der Waals surface area contributed by atoms with Gasteiger partial charge in [-0.25, -0.2) is 0 Å². The van der Waals surface area contributed by atoms with E-state index in [4.69, 9.17) is 0 Å². The van der Waals surface area contributed by atoms with Crippen LogP contribution < -0.4 is 0 Å². The lowest BCUT2D eigenvalue weighted by molar-refractivity contribution is 0.0783. The van der Waals surface area contributed by atoms with E-state index in [1.807, 2.05) is 24.3 Å². The third-order valence-electron chi connectivity index (χ3n) is 8.14. The van der Waals surface area contributed by atoms with Crippen LogP contribution in [0.4, 0.5) is 0 Å². The van der Waals surface area contributed by atoms with Gasteiger partial charge in [0.1, 0.15) is 0 Å². The van der Waals surface area contributed by atoms with Crippen molar-refractivity contribution in [3.05, 3.63) is 105 Å². The van der Waals surface area contributed by atoms with Gasteiger partial charge in [0.15, 0.2) is 0 Å². The van der Waals surface area contributed by atoms with Crippen LogP contribution in [0.15, 0.2) is 88.0 Å². The van der Waals surface area contributed by atoms with E-state index in [1.54, 1.807) is 11.3 Å². The largest absolute Gasteiger partial charge is 0.338 e. The summed E-state index contributed by atoms with van der Waals surface area (Å²) in [5.74, 6) is 1.67. The molecule has 0 N–H and O–H groups in total. The van der Waals surface area contributed by atoms with Crippen LogP contribution in [0, 0.1) is 5.92 Å². The first-order chi connectivity index (χ1) is 17.7. The Balaban J connectivity index is 1.19. The lowest BCUT2D eigenvalue weighted by Crippen LogP contribution is -2.38. The van der Waals surface area contributed by atoms with Gasteiger partial charge < -0.3 is 9.80 Å². The highest BCUT2D eigenvalue weighted by atomic mass is 79.9. The Morgan fingerprint density at radius 3 is 2.42 bits per heavy atom. The average molecular weight is 560 g/mol. The first-order valence-electron chi connectivity index (χ1n) is 12.9. The van der Waals surface area contributed by atoms with Crippen LogP contribution in [-0.4, -0.2) is 48.4 Å². The van der Waals surface area contributed by atoms with E-state index in [1.165, 1.54) is 24.0 Å². The van der Waals surface area contributed by atoms with Gasteiger partial charge in [0.2, 0.25) is 0 Å². The highest BCUT2D eigenvalue weighted by Crippen LogP contribution is 2.37. The van der Waals surface area contributed by atoms with Crippen LogP contribution in [0.5, 0.6) is 0 Å². The minimum atomic E-state index is 0.151. The van der Waals surface area contributed by atoms with Gasteiger partial charge in [0.25, 0.3) is 5.91 Å². The van der Waals surface area contributed by atoms with E-state index < -0.39 is 0 Å². The number of piperidine rings is 1. The van der Waals surface area contributed by atoms with Crippen LogP contribution >= 0.6 is 27.3 Å². The Labute approximate surface area is 225 Å². The molecule has 0 saturated carbocycles. The Hall–Kier alpha value is -2.47. The van der Waals surface area contributed by atoms with Crippen molar-refractivity contribution >= 4 is 43.9 Å². The predicted octanol–water partition coefficient (Wildman–Crippen LogP) is 7.40. The van der Waals surface area contributed by atoms with Crippen molar-refractivity contribution in [1.29, 1.82) is 0 Å². The quantitative estimate of drug-likeness (QED) is 0.255. The molecule has 2 aliphatic rings. The summed E-state index contributed by atoms with van der Waals surface area (Å²) in [6, 6.07) is 25.4. The summed E-state index contributed by atoms with van der Waals surface area (Å²) in [4.78, 5) is 18.6. The molecule has 5 heteroatoms. The number of rotatable bonds is 5. The number of halogens is 1. The second-order valence-electron chi connectivity index (χ2n) is 10.3. The molecule has 2 aliphatic heterocycles. The maximum atomic E-state index is 13.9. The van der Waals surface area contributed by atoms with Gasteiger partial charge in [-0.2, -0.15) is 11.3 Å². The van der Waals surface area contributed by atoms with Crippen molar-refractivity contribution in [2.75, 3.05) is 32.7 Å². The summed E-state index contributed by atoms with van der Waals surface area (Å²) in [6.07, 6.45) is 2.43. The first-order valence-corrected chi connectivity index (χ1v) is 14.7. The molecule has 0 bridgehead atoms. The van der Waals surface area contributed by atoms with Crippen LogP contribution in [-0.2, 0) is 0 Å². The standard InChI is InChI=1S/C31H31BrN2OS/c32-29-11-5-9-24-8-4-10-27(30(24)29)31(35)34-19-26(28(20-34)25-14-17-36-21-25)18-33-15-12-23(13-16-33)22-6-2-1-3-7-22/h1-11,14,17,21,23,26,28H,12-13,15-16,18-20H2.